The number of primary amides is 1. The molecule has 7 N–H and O–H groups in total. The van der Waals surface area contributed by atoms with Crippen LogP contribution >= 0.6 is 0 Å². The van der Waals surface area contributed by atoms with Gasteiger partial charge in [0.25, 0.3) is 5.91 Å². The number of Topliss-reactive ketones (excluding diaryl/α,β-unsaturated/α-hetero) is 2. The van der Waals surface area contributed by atoms with Gasteiger partial charge in [0, 0.05) is 25.4 Å². The molecule has 0 unspecified atom stereocenters. The Morgan fingerprint density at radius 1 is 1.16 bits per heavy atom. The van der Waals surface area contributed by atoms with Gasteiger partial charge in [0.1, 0.15) is 22.8 Å². The molecule has 0 bridgehead atoms. The van der Waals surface area contributed by atoms with Crippen LogP contribution in [0, 0.1) is 11.8 Å². The number of nitrogens with zero attached hydrogens (tertiary/aromatic N) is 2. The monoisotopic (exact) mass is 443 g/mol. The molecule has 3 aliphatic rings. The van der Waals surface area contributed by atoms with Crippen molar-refractivity contribution in [2.75, 3.05) is 19.0 Å². The molecular weight excluding hydrogens is 422 g/mol. The number of hydrogen-bond donors (Lipinski definition) is 6. The third-order valence-electron chi connectivity index (χ3n) is 6.45. The predicted octanol–water partition coefficient (Wildman–Crippen LogP) is -0.0700. The number of fused-ring (bicyclic) bond motifs is 3. The van der Waals surface area contributed by atoms with E-state index in [-0.39, 0.29) is 29.7 Å². The van der Waals surface area contributed by atoms with Gasteiger partial charge in [0.2, 0.25) is 11.6 Å². The lowest BCUT2D eigenvalue weighted by atomic mass is 9.58. The summed E-state index contributed by atoms with van der Waals surface area (Å²) in [5.41, 5.74) is 1.45. The number of rotatable bonds is 2. The van der Waals surface area contributed by atoms with E-state index in [9.17, 15) is 40.0 Å². The number of phenols is 1. The lowest BCUT2D eigenvalue weighted by Gasteiger charge is -2.45. The van der Waals surface area contributed by atoms with Crippen molar-refractivity contribution >= 4 is 34.6 Å². The molecule has 1 aromatic rings. The molecule has 0 saturated heterocycles. The van der Waals surface area contributed by atoms with Crippen molar-refractivity contribution in [3.63, 3.8) is 0 Å². The number of amides is 1. The second-order valence-electron chi connectivity index (χ2n) is 8.30. The maximum atomic E-state index is 13.4. The molecule has 3 atom stereocenters. The Balaban J connectivity index is 1.98. The molecule has 11 heteroatoms. The molecule has 1 saturated carbocycles. The standard InChI is InChI=1S/C21H21N3O8/c1-24(2)10-3-4-11(25)13-8(10)5-7-6-9-15(23-32)17(27)14(20(22)30)19(29)21(9,31)18(28)12(7)16(13)26/h3-4,7,9,25-27,31-32H,5-6H2,1-2H3,(H2,22,30)/b23-15+/t7-,9-,21-/m0/s1. The van der Waals surface area contributed by atoms with Gasteiger partial charge < -0.3 is 36.3 Å². The lowest BCUT2D eigenvalue weighted by molar-refractivity contribution is -0.153. The lowest BCUT2D eigenvalue weighted by Crippen LogP contribution is -2.64. The van der Waals surface area contributed by atoms with Crippen molar-refractivity contribution in [2.45, 2.75) is 18.4 Å². The molecule has 1 fully saturated rings. The third-order valence-corrected chi connectivity index (χ3v) is 6.45. The molecule has 0 heterocycles. The second kappa shape index (κ2) is 6.82. The summed E-state index contributed by atoms with van der Waals surface area (Å²) in [7, 11) is 3.52. The van der Waals surface area contributed by atoms with Crippen molar-refractivity contribution in [1.82, 2.24) is 0 Å². The number of carbonyl (C=O) groups excluding carboxylic acids is 3. The average molecular weight is 443 g/mol. The van der Waals surface area contributed by atoms with E-state index in [1.807, 2.05) is 0 Å². The van der Waals surface area contributed by atoms with Gasteiger partial charge in [-0.2, -0.15) is 0 Å². The molecular formula is C21H21N3O8. The highest BCUT2D eigenvalue weighted by atomic mass is 16.4. The van der Waals surface area contributed by atoms with Gasteiger partial charge in [0.15, 0.2) is 11.4 Å². The largest absolute Gasteiger partial charge is 0.507 e. The zero-order valence-corrected chi connectivity index (χ0v) is 17.2. The molecule has 3 aliphatic carbocycles. The van der Waals surface area contributed by atoms with Gasteiger partial charge in [-0.25, -0.2) is 0 Å². The van der Waals surface area contributed by atoms with E-state index >= 15 is 0 Å². The maximum Gasteiger partial charge on any atom is 0.256 e. The van der Waals surface area contributed by atoms with Crippen LogP contribution in [0.3, 0.4) is 0 Å². The topological polar surface area (TPSA) is 194 Å². The van der Waals surface area contributed by atoms with Crippen LogP contribution in [0.4, 0.5) is 5.69 Å². The fourth-order valence-electron chi connectivity index (χ4n) is 5.01. The van der Waals surface area contributed by atoms with Crippen molar-refractivity contribution in [1.29, 1.82) is 0 Å². The van der Waals surface area contributed by atoms with Gasteiger partial charge in [-0.15, -0.1) is 0 Å². The first-order valence-electron chi connectivity index (χ1n) is 9.69. The third kappa shape index (κ3) is 2.51. The quantitative estimate of drug-likeness (QED) is 0.157. The highest BCUT2D eigenvalue weighted by molar-refractivity contribution is 6.38. The average Bonchev–Trinajstić information content (AvgIpc) is 2.70. The van der Waals surface area contributed by atoms with Crippen LogP contribution in [0.15, 0.2) is 34.2 Å². The zero-order chi connectivity index (χ0) is 23.7. The molecule has 0 aromatic heterocycles. The Kier molecular flexibility index (Phi) is 4.56. The first-order chi connectivity index (χ1) is 15.0. The molecule has 168 valence electrons. The number of phenolic OH excluding ortho intramolecular Hbond substituents is 1. The summed E-state index contributed by atoms with van der Waals surface area (Å²) in [5.74, 6) is -8.20. The van der Waals surface area contributed by atoms with Crippen molar-refractivity contribution in [3.8, 4) is 5.75 Å². The normalized spacial score (nSPS) is 28.4. The summed E-state index contributed by atoms with van der Waals surface area (Å²) in [5, 5.41) is 55.3. The number of oxime groups is 1. The van der Waals surface area contributed by atoms with Crippen LogP contribution in [0.25, 0.3) is 5.76 Å². The summed E-state index contributed by atoms with van der Waals surface area (Å²) in [6, 6.07) is 3.00. The predicted molar refractivity (Wildman–Crippen MR) is 110 cm³/mol. The summed E-state index contributed by atoms with van der Waals surface area (Å²) in [6.07, 6.45) is -0.0279. The minimum absolute atomic E-state index is 0.00525. The van der Waals surface area contributed by atoms with Crippen LogP contribution in [-0.2, 0) is 20.8 Å². The number of anilines is 1. The van der Waals surface area contributed by atoms with E-state index in [1.54, 1.807) is 25.1 Å². The Morgan fingerprint density at radius 3 is 2.38 bits per heavy atom. The number of hydrogen-bond acceptors (Lipinski definition) is 10. The van der Waals surface area contributed by atoms with Crippen molar-refractivity contribution in [2.24, 2.45) is 22.7 Å². The summed E-state index contributed by atoms with van der Waals surface area (Å²) in [4.78, 5) is 39.9. The number of aliphatic hydroxyl groups is 3. The first-order valence-corrected chi connectivity index (χ1v) is 9.69. The van der Waals surface area contributed by atoms with Gasteiger partial charge >= 0.3 is 0 Å². The molecule has 4 rings (SSSR count). The van der Waals surface area contributed by atoms with E-state index in [1.165, 1.54) is 6.07 Å². The van der Waals surface area contributed by atoms with Crippen LogP contribution in [0.1, 0.15) is 17.5 Å². The molecule has 1 amide bonds. The Labute approximate surface area is 181 Å². The molecule has 0 aliphatic heterocycles. The molecule has 1 aromatic carbocycles. The smallest absolute Gasteiger partial charge is 0.256 e. The molecule has 32 heavy (non-hydrogen) atoms. The summed E-state index contributed by atoms with van der Waals surface area (Å²) >= 11 is 0. The maximum absolute atomic E-state index is 13.4. The Bertz CT molecular complexity index is 1200. The van der Waals surface area contributed by atoms with E-state index in [0.717, 1.165) is 0 Å². The number of ketones is 2. The van der Waals surface area contributed by atoms with E-state index < -0.39 is 57.7 Å². The van der Waals surface area contributed by atoms with Crippen LogP contribution in [0.5, 0.6) is 5.75 Å². The molecule has 0 radical (unpaired) electrons. The Morgan fingerprint density at radius 2 is 1.81 bits per heavy atom. The number of benzene rings is 1. The van der Waals surface area contributed by atoms with E-state index in [2.05, 4.69) is 5.16 Å². The molecule has 0 spiro atoms. The number of carbonyl (C=O) groups is 3. The first kappa shape index (κ1) is 21.4. The highest BCUT2D eigenvalue weighted by Gasteiger charge is 2.64. The minimum Gasteiger partial charge on any atom is -0.507 e. The van der Waals surface area contributed by atoms with Crippen molar-refractivity contribution in [3.05, 3.63) is 40.2 Å². The second-order valence-corrected chi connectivity index (χ2v) is 8.30. The van der Waals surface area contributed by atoms with E-state index in [4.69, 9.17) is 5.73 Å². The van der Waals surface area contributed by atoms with Gasteiger partial charge in [0.05, 0.1) is 11.5 Å². The Hall–Kier alpha value is -3.86. The van der Waals surface area contributed by atoms with Crippen LogP contribution in [-0.4, -0.2) is 68.5 Å². The summed E-state index contributed by atoms with van der Waals surface area (Å²) in [6.45, 7) is 0. The van der Waals surface area contributed by atoms with Crippen molar-refractivity contribution < 1.29 is 40.0 Å². The van der Waals surface area contributed by atoms with Crippen LogP contribution in [0.2, 0.25) is 0 Å². The van der Waals surface area contributed by atoms with Gasteiger partial charge in [-0.3, -0.25) is 14.4 Å². The SMILES string of the molecule is CN(C)c1ccc(O)c2c1C[C@H]1C[C@H]3/C(=N\O)C(O)=C(C(N)=O)C(=O)[C@@]3(O)C(=O)C1=C2O. The fourth-order valence-corrected chi connectivity index (χ4v) is 5.01. The molecule has 11 nitrogen and oxygen atoms in total. The highest BCUT2D eigenvalue weighted by Crippen LogP contribution is 2.51. The zero-order valence-electron chi connectivity index (χ0n) is 17.2. The number of aliphatic hydroxyl groups excluding tert-OH is 2. The number of aromatic hydroxyl groups is 1. The van der Waals surface area contributed by atoms with Gasteiger partial charge in [-0.1, -0.05) is 5.16 Å². The number of nitrogens with two attached hydrogens (primary N) is 1. The minimum atomic E-state index is -2.93. The number of allylic oxidation sites excluding steroid dienone is 1. The summed E-state index contributed by atoms with van der Waals surface area (Å²) < 4.78 is 0. The van der Waals surface area contributed by atoms with E-state index in [0.29, 0.717) is 11.3 Å². The fraction of sp³-hybridized carbons (Fsp3) is 0.333. The van der Waals surface area contributed by atoms with Gasteiger partial charge in [-0.05, 0) is 36.5 Å². The van der Waals surface area contributed by atoms with Crippen LogP contribution < -0.4 is 10.6 Å².